The van der Waals surface area contributed by atoms with E-state index in [-0.39, 0.29) is 103 Å². The number of ketones is 2. The summed E-state index contributed by atoms with van der Waals surface area (Å²) in [7, 11) is 3.12. The predicted molar refractivity (Wildman–Crippen MR) is 267 cm³/mol. The van der Waals surface area contributed by atoms with Gasteiger partial charge in [-0.3, -0.25) is 9.59 Å². The quantitative estimate of drug-likeness (QED) is 0.108. The first-order valence-corrected chi connectivity index (χ1v) is 27.5. The van der Waals surface area contributed by atoms with Gasteiger partial charge in [0.25, 0.3) is 23.1 Å². The Morgan fingerprint density at radius 2 is 1.14 bits per heavy atom. The number of rotatable bonds is 12. The molecule has 21 nitrogen and oxygen atoms in total. The van der Waals surface area contributed by atoms with Gasteiger partial charge in [0.15, 0.2) is 17.7 Å². The number of aromatic hydroxyl groups is 2. The molecule has 0 amide bonds. The fourth-order valence-corrected chi connectivity index (χ4v) is 15.0. The molecule has 7 saturated heterocycles. The lowest BCUT2D eigenvalue weighted by atomic mass is 9.77. The summed E-state index contributed by atoms with van der Waals surface area (Å²) in [5.41, 5.74) is 1.64. The minimum atomic E-state index is -2.19. The number of epoxide rings is 2. The van der Waals surface area contributed by atoms with Crippen molar-refractivity contribution in [3.8, 4) is 34.5 Å². The zero-order valence-corrected chi connectivity index (χ0v) is 44.1. The Bertz CT molecular complexity index is 3250. The lowest BCUT2D eigenvalue weighted by Crippen LogP contribution is -2.71. The number of aliphatic hydroxyl groups is 1. The van der Waals surface area contributed by atoms with E-state index in [2.05, 4.69) is 5.32 Å². The van der Waals surface area contributed by atoms with Crippen molar-refractivity contribution in [2.45, 2.75) is 143 Å². The van der Waals surface area contributed by atoms with Crippen LogP contribution in [-0.4, -0.2) is 166 Å². The second-order valence-electron chi connectivity index (χ2n) is 22.6. The van der Waals surface area contributed by atoms with E-state index in [0.717, 1.165) is 11.1 Å². The summed E-state index contributed by atoms with van der Waals surface area (Å²) in [6.45, 7) is 7.84. The molecule has 21 heteroatoms. The van der Waals surface area contributed by atoms with E-state index in [1.54, 1.807) is 14.2 Å². The largest absolute Gasteiger partial charge is 0.506 e. The van der Waals surface area contributed by atoms with Gasteiger partial charge in [0, 0.05) is 64.9 Å². The fourth-order valence-electron chi connectivity index (χ4n) is 15.0. The van der Waals surface area contributed by atoms with E-state index in [1.165, 1.54) is 0 Å². The minimum absolute atomic E-state index is 0.0129. The lowest BCUT2D eigenvalue weighted by Gasteiger charge is -2.50. The number of aryl methyl sites for hydroxylation is 2. The maximum Gasteiger partial charge on any atom is 0.277 e. The summed E-state index contributed by atoms with van der Waals surface area (Å²) < 4.78 is 98.5. The standard InChI is InChI=1S/C57H63NO20/c1-26-22-31-39(41(61)37-29(43(31)64-4)10-6-12-33(37)59)45-35(26)28(3)48-55(74-45,52(24-72-52)54(63,77-48)50-66-16-8-17-67-50)70-20-14-58-15-21-71-56-49-47(76-57(78-49,53(56)25-73-53)51-68-18-9-19-69-51)36-27(2)23-32-40(46(36)75-56)42(62)38-30(44(32)65-5)11-7-13-34(38)60/h22-23,28,47-51,58,61-63H,6-21,24-25H2,1-5H3/t28?,47-,48?,49?,52+,53?,54?,55+,56+,57?/m0/s1. The molecule has 4 aromatic rings. The first-order chi connectivity index (χ1) is 37.8. The third-order valence-corrected chi connectivity index (χ3v) is 18.5. The van der Waals surface area contributed by atoms with Crippen LogP contribution in [0.25, 0.3) is 21.5 Å². The van der Waals surface area contributed by atoms with Crippen molar-refractivity contribution in [3.63, 3.8) is 0 Å². The molecule has 0 aromatic heterocycles. The van der Waals surface area contributed by atoms with E-state index >= 15 is 0 Å². The molecule has 7 fully saturated rings. The summed E-state index contributed by atoms with van der Waals surface area (Å²) >= 11 is 0. The van der Waals surface area contributed by atoms with Crippen LogP contribution >= 0.6 is 0 Å². The average Bonchev–Trinajstić information content (AvgIpc) is 1.93. The molecule has 9 aliphatic heterocycles. The molecular formula is C57H63NO20. The highest BCUT2D eigenvalue weighted by Crippen LogP contribution is 2.73. The van der Waals surface area contributed by atoms with Gasteiger partial charge in [0.1, 0.15) is 46.7 Å². The van der Waals surface area contributed by atoms with E-state index < -0.39 is 71.2 Å². The summed E-state index contributed by atoms with van der Waals surface area (Å²) in [6, 6.07) is 3.86. The van der Waals surface area contributed by atoms with Crippen LogP contribution in [0, 0.1) is 13.8 Å². The zero-order valence-electron chi connectivity index (χ0n) is 44.1. The first kappa shape index (κ1) is 50.0. The van der Waals surface area contributed by atoms with Crippen molar-refractivity contribution in [2.24, 2.45) is 0 Å². The van der Waals surface area contributed by atoms with Gasteiger partial charge in [-0.05, 0) is 75.6 Å². The van der Waals surface area contributed by atoms with E-state index in [9.17, 15) is 24.9 Å². The Morgan fingerprint density at radius 3 is 1.67 bits per heavy atom. The van der Waals surface area contributed by atoms with Crippen LogP contribution in [0.15, 0.2) is 12.1 Å². The van der Waals surface area contributed by atoms with Gasteiger partial charge in [-0.25, -0.2) is 0 Å². The van der Waals surface area contributed by atoms with Crippen molar-refractivity contribution < 1.29 is 96.0 Å². The third-order valence-electron chi connectivity index (χ3n) is 18.5. The van der Waals surface area contributed by atoms with Crippen molar-refractivity contribution >= 4 is 33.1 Å². The molecule has 6 unspecified atom stereocenters. The molecule has 15 rings (SSSR count). The Hall–Kier alpha value is -4.98. The van der Waals surface area contributed by atoms with Crippen molar-refractivity contribution in [1.29, 1.82) is 0 Å². The number of carbonyl (C=O) groups excluding carboxylic acids is 2. The number of hydrogen-bond acceptors (Lipinski definition) is 21. The van der Waals surface area contributed by atoms with Crippen molar-refractivity contribution in [1.82, 2.24) is 5.32 Å². The van der Waals surface area contributed by atoms with Crippen LogP contribution < -0.4 is 24.3 Å². The Morgan fingerprint density at radius 1 is 0.641 bits per heavy atom. The third kappa shape index (κ3) is 6.15. The minimum Gasteiger partial charge on any atom is -0.506 e. The number of phenols is 2. The van der Waals surface area contributed by atoms with Crippen LogP contribution in [0.1, 0.15) is 112 Å². The monoisotopic (exact) mass is 1080 g/mol. The van der Waals surface area contributed by atoms with Gasteiger partial charge in [-0.2, -0.15) is 0 Å². The summed E-state index contributed by atoms with van der Waals surface area (Å²) in [4.78, 5) is 27.2. The summed E-state index contributed by atoms with van der Waals surface area (Å²) in [5, 5.41) is 42.4. The predicted octanol–water partition coefficient (Wildman–Crippen LogP) is 5.00. The highest BCUT2D eigenvalue weighted by atomic mass is 16.9. The van der Waals surface area contributed by atoms with Crippen molar-refractivity contribution in [2.75, 3.05) is 80.2 Å². The molecule has 4 N–H and O–H groups in total. The number of nitrogens with one attached hydrogen (secondary N) is 1. The molecule has 11 aliphatic rings. The Kier molecular flexibility index (Phi) is 11.1. The highest BCUT2D eigenvalue weighted by Gasteiger charge is 2.94. The fraction of sp³-hybridized carbons (Fsp3) is 0.614. The number of carbonyl (C=O) groups is 2. The normalized spacial score (nSPS) is 36.1. The second-order valence-corrected chi connectivity index (χ2v) is 22.6. The number of phenolic OH excluding ortho intramolecular Hbond substituents is 2. The molecule has 4 aromatic carbocycles. The van der Waals surface area contributed by atoms with Gasteiger partial charge in [0.05, 0.1) is 89.0 Å². The smallest absolute Gasteiger partial charge is 0.277 e. The van der Waals surface area contributed by atoms with E-state index in [0.29, 0.717) is 115 Å². The maximum atomic E-state index is 13.6. The molecule has 0 saturated carbocycles. The number of fused-ring (bicyclic) bond motifs is 14. The Balaban J connectivity index is 0.750. The summed E-state index contributed by atoms with van der Waals surface area (Å²) in [5.74, 6) is -7.05. The van der Waals surface area contributed by atoms with Gasteiger partial charge in [-0.15, -0.1) is 0 Å². The maximum absolute atomic E-state index is 13.6. The van der Waals surface area contributed by atoms with Gasteiger partial charge < -0.3 is 91.7 Å². The van der Waals surface area contributed by atoms with E-state index in [4.69, 9.17) is 71.1 Å². The van der Waals surface area contributed by atoms with Gasteiger partial charge in [0.2, 0.25) is 23.8 Å². The number of ether oxygens (including phenoxy) is 15. The second kappa shape index (κ2) is 17.3. The molecule has 2 spiro atoms. The topological polar surface area (TPSA) is 252 Å². The summed E-state index contributed by atoms with van der Waals surface area (Å²) in [6.07, 6.45) is -0.628. The van der Waals surface area contributed by atoms with Crippen LogP contribution in [-0.2, 0) is 64.9 Å². The molecule has 0 radical (unpaired) electrons. The van der Waals surface area contributed by atoms with Crippen LogP contribution in [0.3, 0.4) is 0 Å². The van der Waals surface area contributed by atoms with Crippen LogP contribution in [0.2, 0.25) is 0 Å². The van der Waals surface area contributed by atoms with Gasteiger partial charge >= 0.3 is 0 Å². The van der Waals surface area contributed by atoms with Crippen molar-refractivity contribution in [3.05, 3.63) is 56.6 Å². The molecule has 10 atom stereocenters. The molecular weight excluding hydrogens is 1020 g/mol. The van der Waals surface area contributed by atoms with Crippen LogP contribution in [0.4, 0.5) is 0 Å². The number of benzene rings is 4. The van der Waals surface area contributed by atoms with Crippen LogP contribution in [0.5, 0.6) is 34.5 Å². The van der Waals surface area contributed by atoms with Gasteiger partial charge in [-0.1, -0.05) is 6.92 Å². The first-order valence-electron chi connectivity index (χ1n) is 27.5. The average molecular weight is 1080 g/mol. The molecule has 2 bridgehead atoms. The Labute approximate surface area is 447 Å². The number of hydrogen-bond donors (Lipinski definition) is 4. The molecule has 78 heavy (non-hydrogen) atoms. The lowest BCUT2D eigenvalue weighted by molar-refractivity contribution is -0.367. The zero-order chi connectivity index (χ0) is 53.5. The number of Topliss-reactive ketones (excluding diaryl/α,β-unsaturated/α-hetero) is 2. The van der Waals surface area contributed by atoms with E-state index in [1.807, 2.05) is 32.9 Å². The molecule has 2 aliphatic carbocycles. The molecule has 9 heterocycles. The molecule has 416 valence electrons. The SMILES string of the molecule is COc1c2c(c(O)c3c4c(c(C)cc13)C(C)C1OC(O)(C3OCCCO3)[C@]3(CO3)[C@]1(OCCNCCO[C@@]13Oc5c(c(C)cc6c(OC)c7c(c(O)c56)C(=O)CCC7)[C@@H]5OC(C6OCCCO6)(OC51)C31CO1)O4)C(=O)CCC2. The number of methoxy groups -OCH3 is 2. The highest BCUT2D eigenvalue weighted by molar-refractivity contribution is 6.13.